The van der Waals surface area contributed by atoms with E-state index in [0.717, 1.165) is 45.4 Å². The maximum Gasteiger partial charge on any atom is 0.248 e. The Labute approximate surface area is 168 Å². The largest absolute Gasteiger partial charge is 0.376 e. The molecule has 2 heterocycles. The molecule has 6 heteroatoms. The first kappa shape index (κ1) is 21.2. The van der Waals surface area contributed by atoms with Gasteiger partial charge in [-0.2, -0.15) is 0 Å². The summed E-state index contributed by atoms with van der Waals surface area (Å²) in [5.74, 6) is 0.0795. The molecule has 1 atom stereocenters. The Balaban J connectivity index is 1.34. The molecule has 1 spiro atoms. The summed E-state index contributed by atoms with van der Waals surface area (Å²) in [5.41, 5.74) is 1.04. The van der Waals surface area contributed by atoms with Crippen LogP contribution in [-0.2, 0) is 30.3 Å². The molecule has 6 nitrogen and oxygen atoms in total. The number of hydrogen-bond acceptors (Lipinski definition) is 5. The van der Waals surface area contributed by atoms with Crippen LogP contribution in [0, 0.1) is 0 Å². The molecule has 2 saturated heterocycles. The fourth-order valence-electron chi connectivity index (χ4n) is 3.96. The number of likely N-dealkylation sites (tertiary alicyclic amines) is 1. The van der Waals surface area contributed by atoms with Crippen LogP contribution in [0.15, 0.2) is 30.3 Å². The summed E-state index contributed by atoms with van der Waals surface area (Å²) < 4.78 is 23.2. The molecule has 2 fully saturated rings. The molecule has 1 unspecified atom stereocenters. The third kappa shape index (κ3) is 6.27. The highest BCUT2D eigenvalue weighted by Crippen LogP contribution is 2.36. The smallest absolute Gasteiger partial charge is 0.248 e. The number of nitrogens with zero attached hydrogens (tertiary/aromatic N) is 1. The summed E-state index contributed by atoms with van der Waals surface area (Å²) in [6.07, 6.45) is 3.77. The number of rotatable bonds is 9. The van der Waals surface area contributed by atoms with Crippen molar-refractivity contribution < 1.29 is 23.7 Å². The molecule has 3 rings (SSSR count). The van der Waals surface area contributed by atoms with E-state index in [1.54, 1.807) is 0 Å². The van der Waals surface area contributed by atoms with E-state index in [2.05, 4.69) is 12.1 Å². The predicted octanol–water partition coefficient (Wildman–Crippen LogP) is 2.80. The van der Waals surface area contributed by atoms with Crippen molar-refractivity contribution in [2.75, 3.05) is 46.1 Å². The van der Waals surface area contributed by atoms with Gasteiger partial charge >= 0.3 is 0 Å². The minimum absolute atomic E-state index is 0.0795. The van der Waals surface area contributed by atoms with Crippen LogP contribution >= 0.6 is 0 Å². The molecular weight excluding hydrogens is 358 g/mol. The molecule has 0 bridgehead atoms. The molecule has 2 aliphatic heterocycles. The van der Waals surface area contributed by atoms with Crippen molar-refractivity contribution in [1.82, 2.24) is 4.90 Å². The highest BCUT2D eigenvalue weighted by Gasteiger charge is 2.41. The molecule has 1 aromatic rings. The Morgan fingerprint density at radius 2 is 1.96 bits per heavy atom. The van der Waals surface area contributed by atoms with E-state index in [1.807, 2.05) is 30.0 Å². The highest BCUT2D eigenvalue weighted by atomic mass is 16.5. The minimum Gasteiger partial charge on any atom is -0.376 e. The lowest BCUT2D eigenvalue weighted by atomic mass is 9.83. The predicted molar refractivity (Wildman–Crippen MR) is 106 cm³/mol. The second-order valence-electron chi connectivity index (χ2n) is 7.57. The lowest BCUT2D eigenvalue weighted by Gasteiger charge is -2.46. The molecule has 1 amide bonds. The number of carbonyl (C=O) groups is 1. The van der Waals surface area contributed by atoms with Gasteiger partial charge in [-0.05, 0) is 31.7 Å². The molecule has 0 aliphatic carbocycles. The maximum absolute atomic E-state index is 12.1. The van der Waals surface area contributed by atoms with E-state index in [4.69, 9.17) is 18.9 Å². The van der Waals surface area contributed by atoms with E-state index in [9.17, 15) is 4.79 Å². The van der Waals surface area contributed by atoms with Crippen LogP contribution in [0.1, 0.15) is 38.2 Å². The van der Waals surface area contributed by atoms with E-state index in [1.165, 1.54) is 5.56 Å². The second-order valence-corrected chi connectivity index (χ2v) is 7.57. The Morgan fingerprint density at radius 1 is 1.18 bits per heavy atom. The van der Waals surface area contributed by atoms with Crippen LogP contribution in [0.3, 0.4) is 0 Å². The van der Waals surface area contributed by atoms with Gasteiger partial charge in [-0.1, -0.05) is 30.3 Å². The molecule has 1 aromatic carbocycles. The zero-order valence-corrected chi connectivity index (χ0v) is 16.9. The van der Waals surface area contributed by atoms with Crippen LogP contribution in [0.25, 0.3) is 0 Å². The van der Waals surface area contributed by atoms with E-state index < -0.39 is 0 Å². The number of amides is 1. The molecular formula is C22H33NO5. The summed E-state index contributed by atoms with van der Waals surface area (Å²) in [7, 11) is 0. The summed E-state index contributed by atoms with van der Waals surface area (Å²) in [4.78, 5) is 14.0. The number of hydrogen-bond donors (Lipinski definition) is 0. The van der Waals surface area contributed by atoms with Crippen molar-refractivity contribution >= 4 is 5.91 Å². The van der Waals surface area contributed by atoms with Crippen molar-refractivity contribution in [3.63, 3.8) is 0 Å². The lowest BCUT2D eigenvalue weighted by molar-refractivity contribution is -0.165. The topological polar surface area (TPSA) is 57.2 Å². The summed E-state index contributed by atoms with van der Waals surface area (Å²) in [6, 6.07) is 10.2. The fourth-order valence-corrected chi connectivity index (χ4v) is 3.96. The quantitative estimate of drug-likeness (QED) is 0.606. The molecule has 2 aliphatic rings. The Morgan fingerprint density at radius 3 is 2.71 bits per heavy atom. The van der Waals surface area contributed by atoms with Gasteiger partial charge in [-0.3, -0.25) is 4.79 Å². The average molecular weight is 392 g/mol. The first-order chi connectivity index (χ1) is 13.7. The second kappa shape index (κ2) is 10.9. The van der Waals surface area contributed by atoms with Crippen LogP contribution < -0.4 is 0 Å². The maximum atomic E-state index is 12.1. The summed E-state index contributed by atoms with van der Waals surface area (Å²) in [6.45, 7) is 6.67. The monoisotopic (exact) mass is 391 g/mol. The third-order valence-electron chi connectivity index (χ3n) is 5.60. The van der Waals surface area contributed by atoms with Gasteiger partial charge < -0.3 is 23.8 Å². The molecule has 0 radical (unpaired) electrons. The van der Waals surface area contributed by atoms with Gasteiger partial charge in [0, 0.05) is 32.7 Å². The third-order valence-corrected chi connectivity index (χ3v) is 5.60. The van der Waals surface area contributed by atoms with Gasteiger partial charge in [0.25, 0.3) is 0 Å². The van der Waals surface area contributed by atoms with E-state index in [0.29, 0.717) is 26.4 Å². The van der Waals surface area contributed by atoms with Gasteiger partial charge in [0.2, 0.25) is 5.91 Å². The van der Waals surface area contributed by atoms with Gasteiger partial charge in [-0.25, -0.2) is 0 Å². The Bertz CT molecular complexity index is 586. The van der Waals surface area contributed by atoms with Crippen LogP contribution in [-0.4, -0.2) is 68.6 Å². The highest BCUT2D eigenvalue weighted by molar-refractivity contribution is 5.77. The number of carbonyl (C=O) groups excluding carboxylic acids is 1. The molecule has 156 valence electrons. The van der Waals surface area contributed by atoms with Crippen molar-refractivity contribution in [2.45, 2.75) is 50.9 Å². The van der Waals surface area contributed by atoms with Crippen molar-refractivity contribution in [1.29, 1.82) is 0 Å². The van der Waals surface area contributed by atoms with E-state index in [-0.39, 0.29) is 24.2 Å². The van der Waals surface area contributed by atoms with Gasteiger partial charge in [0.15, 0.2) is 0 Å². The summed E-state index contributed by atoms with van der Waals surface area (Å²) >= 11 is 0. The van der Waals surface area contributed by atoms with Gasteiger partial charge in [0.1, 0.15) is 6.61 Å². The van der Waals surface area contributed by atoms with Crippen molar-refractivity contribution in [3.05, 3.63) is 35.9 Å². The van der Waals surface area contributed by atoms with Gasteiger partial charge in [-0.15, -0.1) is 0 Å². The zero-order chi connectivity index (χ0) is 19.7. The fraction of sp³-hybridized carbons (Fsp3) is 0.682. The number of ether oxygens (including phenoxy) is 4. The first-order valence-corrected chi connectivity index (χ1v) is 10.4. The minimum atomic E-state index is -0.143. The average Bonchev–Trinajstić information content (AvgIpc) is 2.73. The van der Waals surface area contributed by atoms with Crippen LogP contribution in [0.5, 0.6) is 0 Å². The van der Waals surface area contributed by atoms with Crippen molar-refractivity contribution in [3.8, 4) is 0 Å². The van der Waals surface area contributed by atoms with Crippen molar-refractivity contribution in [2.24, 2.45) is 0 Å². The molecule has 0 N–H and O–H groups in total. The standard InChI is InChI=1S/C22H33NO5/c1-2-25-18-21(24)23-11-9-22(10-12-23)16-20(8-13-28-22)27-15-14-26-17-19-6-4-3-5-7-19/h3-7,20H,2,8-18H2,1H3. The Hall–Kier alpha value is -1.47. The first-order valence-electron chi connectivity index (χ1n) is 10.4. The Kier molecular flexibility index (Phi) is 8.27. The van der Waals surface area contributed by atoms with Crippen LogP contribution in [0.4, 0.5) is 0 Å². The van der Waals surface area contributed by atoms with E-state index >= 15 is 0 Å². The molecule has 28 heavy (non-hydrogen) atoms. The molecule has 0 saturated carbocycles. The normalized spacial score (nSPS) is 21.8. The number of benzene rings is 1. The lowest BCUT2D eigenvalue weighted by Crippen LogP contribution is -2.52. The SMILES string of the molecule is CCOCC(=O)N1CCC2(CC1)CC(OCCOCc1ccccc1)CCO2. The summed E-state index contributed by atoms with van der Waals surface area (Å²) in [5, 5.41) is 0. The number of piperidine rings is 1. The van der Waals surface area contributed by atoms with Gasteiger partial charge in [0.05, 0.1) is 31.5 Å². The zero-order valence-electron chi connectivity index (χ0n) is 16.9. The molecule has 0 aromatic heterocycles. The van der Waals surface area contributed by atoms with Crippen LogP contribution in [0.2, 0.25) is 0 Å².